The standard InChI is InChI=1S/C10H18N4OS/c1-5-11-10-14-13-9(16-10)8(15)12-7(4)6(2)3/h6-7H,5H2,1-4H3,(H,11,14)(H,12,15). The zero-order valence-corrected chi connectivity index (χ0v) is 10.9. The number of carbonyl (C=O) groups excluding carboxylic acids is 1. The van der Waals surface area contributed by atoms with E-state index in [0.29, 0.717) is 16.1 Å². The number of aromatic nitrogens is 2. The molecule has 0 aliphatic carbocycles. The van der Waals surface area contributed by atoms with Gasteiger partial charge in [0.05, 0.1) is 0 Å². The minimum Gasteiger partial charge on any atom is -0.360 e. The van der Waals surface area contributed by atoms with E-state index in [4.69, 9.17) is 0 Å². The van der Waals surface area contributed by atoms with Crippen LogP contribution in [0.5, 0.6) is 0 Å². The van der Waals surface area contributed by atoms with Crippen molar-refractivity contribution < 1.29 is 4.79 Å². The van der Waals surface area contributed by atoms with Crippen molar-refractivity contribution in [2.75, 3.05) is 11.9 Å². The molecule has 0 aliphatic rings. The minimum absolute atomic E-state index is 0.138. The lowest BCUT2D eigenvalue weighted by molar-refractivity contribution is 0.0929. The van der Waals surface area contributed by atoms with Crippen molar-refractivity contribution in [1.82, 2.24) is 15.5 Å². The molecule has 2 N–H and O–H groups in total. The van der Waals surface area contributed by atoms with Gasteiger partial charge < -0.3 is 10.6 Å². The molecule has 1 aromatic rings. The Labute approximate surface area is 99.7 Å². The van der Waals surface area contributed by atoms with Crippen molar-refractivity contribution in [1.29, 1.82) is 0 Å². The van der Waals surface area contributed by atoms with Crippen LogP contribution in [0.3, 0.4) is 0 Å². The molecule has 1 atom stereocenters. The Balaban J connectivity index is 2.59. The van der Waals surface area contributed by atoms with Crippen molar-refractivity contribution in [3.05, 3.63) is 5.01 Å². The second kappa shape index (κ2) is 5.79. The van der Waals surface area contributed by atoms with E-state index in [1.54, 1.807) is 0 Å². The Hall–Kier alpha value is -1.17. The summed E-state index contributed by atoms with van der Waals surface area (Å²) in [5, 5.41) is 14.7. The van der Waals surface area contributed by atoms with E-state index in [9.17, 15) is 4.79 Å². The topological polar surface area (TPSA) is 66.9 Å². The van der Waals surface area contributed by atoms with E-state index in [0.717, 1.165) is 6.54 Å². The Kier molecular flexibility index (Phi) is 4.67. The molecule has 0 saturated heterocycles. The molecule has 0 aromatic carbocycles. The number of nitrogens with zero attached hydrogens (tertiary/aromatic N) is 2. The first-order chi connectivity index (χ1) is 7.54. The highest BCUT2D eigenvalue weighted by molar-refractivity contribution is 7.17. The summed E-state index contributed by atoms with van der Waals surface area (Å²) in [7, 11) is 0. The molecule has 1 rings (SSSR count). The van der Waals surface area contributed by atoms with Crippen LogP contribution in [0.15, 0.2) is 0 Å². The molecule has 16 heavy (non-hydrogen) atoms. The second-order valence-corrected chi connectivity index (χ2v) is 4.93. The van der Waals surface area contributed by atoms with Gasteiger partial charge in [-0.3, -0.25) is 4.79 Å². The lowest BCUT2D eigenvalue weighted by Crippen LogP contribution is -2.36. The van der Waals surface area contributed by atoms with Gasteiger partial charge in [-0.05, 0) is 19.8 Å². The van der Waals surface area contributed by atoms with Crippen LogP contribution in [0.1, 0.15) is 37.5 Å². The van der Waals surface area contributed by atoms with Crippen molar-refractivity contribution in [3.63, 3.8) is 0 Å². The normalized spacial score (nSPS) is 12.6. The molecule has 0 bridgehead atoms. The summed E-state index contributed by atoms with van der Waals surface area (Å²) in [6.45, 7) is 8.86. The highest BCUT2D eigenvalue weighted by atomic mass is 32.1. The number of carbonyl (C=O) groups is 1. The van der Waals surface area contributed by atoms with E-state index in [1.807, 2.05) is 13.8 Å². The first-order valence-corrected chi connectivity index (χ1v) is 6.24. The van der Waals surface area contributed by atoms with Crippen LogP contribution >= 0.6 is 11.3 Å². The van der Waals surface area contributed by atoms with Crippen molar-refractivity contribution in [3.8, 4) is 0 Å². The molecular formula is C10H18N4OS. The van der Waals surface area contributed by atoms with E-state index >= 15 is 0 Å². The van der Waals surface area contributed by atoms with Crippen molar-refractivity contribution >= 4 is 22.4 Å². The molecule has 0 fully saturated rings. The van der Waals surface area contributed by atoms with Gasteiger partial charge >= 0.3 is 0 Å². The summed E-state index contributed by atoms with van der Waals surface area (Å²) in [4.78, 5) is 11.7. The van der Waals surface area contributed by atoms with Crippen molar-refractivity contribution in [2.45, 2.75) is 33.7 Å². The third kappa shape index (κ3) is 3.44. The number of nitrogens with one attached hydrogen (secondary N) is 2. The van der Waals surface area contributed by atoms with Crippen LogP contribution in [0.4, 0.5) is 5.13 Å². The Bertz CT molecular complexity index is 350. The Morgan fingerprint density at radius 1 is 1.38 bits per heavy atom. The van der Waals surface area contributed by atoms with Crippen LogP contribution in [-0.4, -0.2) is 28.7 Å². The average molecular weight is 242 g/mol. The molecule has 1 amide bonds. The maximum Gasteiger partial charge on any atom is 0.282 e. The van der Waals surface area contributed by atoms with Gasteiger partial charge in [0.2, 0.25) is 10.1 Å². The molecule has 6 heteroatoms. The minimum atomic E-state index is -0.150. The molecule has 0 aliphatic heterocycles. The SMILES string of the molecule is CCNc1nnc(C(=O)NC(C)C(C)C)s1. The van der Waals surface area contributed by atoms with Gasteiger partial charge in [0, 0.05) is 12.6 Å². The largest absolute Gasteiger partial charge is 0.360 e. The molecule has 0 radical (unpaired) electrons. The quantitative estimate of drug-likeness (QED) is 0.825. The van der Waals surface area contributed by atoms with Gasteiger partial charge in [0.25, 0.3) is 5.91 Å². The van der Waals surface area contributed by atoms with Crippen LogP contribution in [0.2, 0.25) is 0 Å². The van der Waals surface area contributed by atoms with E-state index in [1.165, 1.54) is 11.3 Å². The number of hydrogen-bond donors (Lipinski definition) is 2. The summed E-state index contributed by atoms with van der Waals surface area (Å²) in [6.07, 6.45) is 0. The summed E-state index contributed by atoms with van der Waals surface area (Å²) in [5.74, 6) is 0.257. The Morgan fingerprint density at radius 2 is 2.06 bits per heavy atom. The summed E-state index contributed by atoms with van der Waals surface area (Å²) < 4.78 is 0. The van der Waals surface area contributed by atoms with Gasteiger partial charge in [-0.25, -0.2) is 0 Å². The van der Waals surface area contributed by atoms with Gasteiger partial charge in [-0.1, -0.05) is 25.2 Å². The second-order valence-electron chi connectivity index (χ2n) is 3.95. The van der Waals surface area contributed by atoms with E-state index < -0.39 is 0 Å². The average Bonchev–Trinajstić information content (AvgIpc) is 2.66. The summed E-state index contributed by atoms with van der Waals surface area (Å²) in [6, 6.07) is 0.138. The fourth-order valence-corrected chi connectivity index (χ4v) is 1.69. The first kappa shape index (κ1) is 12.9. The van der Waals surface area contributed by atoms with Crippen LogP contribution in [-0.2, 0) is 0 Å². The predicted octanol–water partition coefficient (Wildman–Crippen LogP) is 1.74. The monoisotopic (exact) mass is 242 g/mol. The predicted molar refractivity (Wildman–Crippen MR) is 65.8 cm³/mol. The summed E-state index contributed by atoms with van der Waals surface area (Å²) in [5.41, 5.74) is 0. The number of amides is 1. The fourth-order valence-electron chi connectivity index (χ4n) is 0.973. The van der Waals surface area contributed by atoms with Crippen LogP contribution in [0.25, 0.3) is 0 Å². The first-order valence-electron chi connectivity index (χ1n) is 5.42. The highest BCUT2D eigenvalue weighted by Crippen LogP contribution is 2.15. The van der Waals surface area contributed by atoms with E-state index in [2.05, 4.69) is 34.7 Å². The lowest BCUT2D eigenvalue weighted by Gasteiger charge is -2.15. The van der Waals surface area contributed by atoms with Crippen LogP contribution < -0.4 is 10.6 Å². The Morgan fingerprint density at radius 3 is 2.62 bits per heavy atom. The van der Waals surface area contributed by atoms with E-state index in [-0.39, 0.29) is 11.9 Å². The zero-order valence-electron chi connectivity index (χ0n) is 10.1. The van der Waals surface area contributed by atoms with Gasteiger partial charge in [0.1, 0.15) is 0 Å². The fraction of sp³-hybridized carbons (Fsp3) is 0.700. The third-order valence-corrected chi connectivity index (χ3v) is 3.19. The number of hydrogen-bond acceptors (Lipinski definition) is 5. The molecule has 5 nitrogen and oxygen atoms in total. The molecule has 1 aromatic heterocycles. The van der Waals surface area contributed by atoms with Gasteiger partial charge in [-0.15, -0.1) is 10.2 Å². The molecule has 0 saturated carbocycles. The highest BCUT2D eigenvalue weighted by Gasteiger charge is 2.16. The van der Waals surface area contributed by atoms with Crippen LogP contribution in [0, 0.1) is 5.92 Å². The summed E-state index contributed by atoms with van der Waals surface area (Å²) >= 11 is 1.27. The maximum absolute atomic E-state index is 11.7. The van der Waals surface area contributed by atoms with Gasteiger partial charge in [-0.2, -0.15) is 0 Å². The smallest absolute Gasteiger partial charge is 0.282 e. The number of rotatable bonds is 5. The molecular weight excluding hydrogens is 224 g/mol. The molecule has 0 spiro atoms. The van der Waals surface area contributed by atoms with Gasteiger partial charge in [0.15, 0.2) is 0 Å². The number of anilines is 1. The maximum atomic E-state index is 11.7. The lowest BCUT2D eigenvalue weighted by atomic mass is 10.1. The molecule has 90 valence electrons. The third-order valence-electron chi connectivity index (χ3n) is 2.31. The zero-order chi connectivity index (χ0) is 12.1. The van der Waals surface area contributed by atoms with Crippen molar-refractivity contribution in [2.24, 2.45) is 5.92 Å². The molecule has 1 unspecified atom stereocenters. The molecule has 1 heterocycles.